The highest BCUT2D eigenvalue weighted by Gasteiger charge is 2.19. The standard InChI is InChI=1S/C19H20N2OS/c22-18(17-10-5-2-6-11-17)15-21(19-20-12-7-13-23-19)14-16-8-3-1-4-9-16/h1-6,8-11H,7,12-15H2. The van der Waals surface area contributed by atoms with Gasteiger partial charge in [0.15, 0.2) is 11.0 Å². The van der Waals surface area contributed by atoms with Crippen molar-refractivity contribution in [2.24, 2.45) is 4.99 Å². The second kappa shape index (κ2) is 7.97. The molecular formula is C19H20N2OS. The third-order valence-corrected chi connectivity index (χ3v) is 4.84. The fraction of sp³-hybridized carbons (Fsp3) is 0.263. The molecule has 0 spiro atoms. The van der Waals surface area contributed by atoms with E-state index in [1.807, 2.05) is 48.5 Å². The Kier molecular flexibility index (Phi) is 5.48. The number of benzene rings is 2. The lowest BCUT2D eigenvalue weighted by atomic mass is 10.1. The Bertz CT molecular complexity index is 670. The maximum Gasteiger partial charge on any atom is 0.182 e. The molecule has 3 nitrogen and oxygen atoms in total. The molecule has 0 aliphatic carbocycles. The molecule has 0 amide bonds. The molecule has 118 valence electrons. The van der Waals surface area contributed by atoms with E-state index in [1.165, 1.54) is 5.56 Å². The van der Waals surface area contributed by atoms with Gasteiger partial charge in [-0.3, -0.25) is 9.79 Å². The zero-order chi connectivity index (χ0) is 15.9. The fourth-order valence-corrected chi connectivity index (χ4v) is 3.47. The van der Waals surface area contributed by atoms with Crippen LogP contribution in [-0.2, 0) is 6.54 Å². The lowest BCUT2D eigenvalue weighted by Gasteiger charge is -2.27. The Morgan fingerprint density at radius 3 is 2.39 bits per heavy atom. The Hall–Kier alpha value is -2.07. The van der Waals surface area contributed by atoms with Gasteiger partial charge in [-0.25, -0.2) is 0 Å². The van der Waals surface area contributed by atoms with E-state index in [1.54, 1.807) is 11.8 Å². The summed E-state index contributed by atoms with van der Waals surface area (Å²) in [7, 11) is 0. The van der Waals surface area contributed by atoms with E-state index >= 15 is 0 Å². The molecule has 4 heteroatoms. The van der Waals surface area contributed by atoms with Crippen LogP contribution in [0.3, 0.4) is 0 Å². The highest BCUT2D eigenvalue weighted by Crippen LogP contribution is 2.19. The van der Waals surface area contributed by atoms with Gasteiger partial charge in [-0.15, -0.1) is 0 Å². The molecule has 0 N–H and O–H groups in total. The SMILES string of the molecule is O=C(CN(Cc1ccccc1)C1=NCCCS1)c1ccccc1. The summed E-state index contributed by atoms with van der Waals surface area (Å²) in [6.45, 7) is 1.93. The fourth-order valence-electron chi connectivity index (χ4n) is 2.52. The smallest absolute Gasteiger partial charge is 0.182 e. The summed E-state index contributed by atoms with van der Waals surface area (Å²) in [6.07, 6.45) is 1.11. The summed E-state index contributed by atoms with van der Waals surface area (Å²) < 4.78 is 0. The van der Waals surface area contributed by atoms with Crippen molar-refractivity contribution in [3.05, 3.63) is 71.8 Å². The number of nitrogens with zero attached hydrogens (tertiary/aromatic N) is 2. The Balaban J connectivity index is 1.77. The summed E-state index contributed by atoms with van der Waals surface area (Å²) in [5.74, 6) is 1.21. The predicted molar refractivity (Wildman–Crippen MR) is 97.0 cm³/mol. The molecule has 0 saturated carbocycles. The van der Waals surface area contributed by atoms with Crippen LogP contribution >= 0.6 is 11.8 Å². The van der Waals surface area contributed by atoms with Gasteiger partial charge in [-0.05, 0) is 12.0 Å². The van der Waals surface area contributed by atoms with E-state index in [4.69, 9.17) is 0 Å². The van der Waals surface area contributed by atoms with E-state index in [0.29, 0.717) is 13.1 Å². The molecular weight excluding hydrogens is 304 g/mol. The van der Waals surface area contributed by atoms with Gasteiger partial charge < -0.3 is 4.90 Å². The second-order valence-corrected chi connectivity index (χ2v) is 6.56. The lowest BCUT2D eigenvalue weighted by Crippen LogP contribution is -2.35. The first-order chi connectivity index (χ1) is 11.3. The van der Waals surface area contributed by atoms with E-state index in [9.17, 15) is 4.79 Å². The van der Waals surface area contributed by atoms with Crippen molar-refractivity contribution in [3.63, 3.8) is 0 Å². The number of hydrogen-bond acceptors (Lipinski definition) is 4. The number of hydrogen-bond donors (Lipinski definition) is 0. The monoisotopic (exact) mass is 324 g/mol. The summed E-state index contributed by atoms with van der Waals surface area (Å²) in [5.41, 5.74) is 1.95. The molecule has 3 rings (SSSR count). The summed E-state index contributed by atoms with van der Waals surface area (Å²) in [6, 6.07) is 19.7. The van der Waals surface area contributed by atoms with Crippen molar-refractivity contribution in [2.45, 2.75) is 13.0 Å². The third-order valence-electron chi connectivity index (χ3n) is 3.70. The number of carbonyl (C=O) groups excluding carboxylic acids is 1. The minimum Gasteiger partial charge on any atom is -0.339 e. The van der Waals surface area contributed by atoms with Crippen molar-refractivity contribution in [2.75, 3.05) is 18.8 Å². The van der Waals surface area contributed by atoms with Gasteiger partial charge in [0, 0.05) is 24.4 Å². The minimum absolute atomic E-state index is 0.135. The molecule has 0 bridgehead atoms. The van der Waals surface area contributed by atoms with Crippen molar-refractivity contribution in [3.8, 4) is 0 Å². The predicted octanol–water partition coefficient (Wildman–Crippen LogP) is 3.86. The van der Waals surface area contributed by atoms with Crippen LogP contribution in [0, 0.1) is 0 Å². The third kappa shape index (κ3) is 4.45. The van der Waals surface area contributed by atoms with Crippen molar-refractivity contribution in [1.29, 1.82) is 0 Å². The zero-order valence-corrected chi connectivity index (χ0v) is 13.8. The van der Waals surface area contributed by atoms with E-state index in [0.717, 1.165) is 29.4 Å². The number of amidine groups is 1. The second-order valence-electron chi connectivity index (χ2n) is 5.50. The minimum atomic E-state index is 0.135. The first-order valence-corrected chi connectivity index (χ1v) is 8.86. The topological polar surface area (TPSA) is 32.7 Å². The number of thioether (sulfide) groups is 1. The van der Waals surface area contributed by atoms with Crippen LogP contribution in [0.25, 0.3) is 0 Å². The summed E-state index contributed by atoms with van der Waals surface area (Å²) in [5, 5.41) is 0.990. The first-order valence-electron chi connectivity index (χ1n) is 7.87. The largest absolute Gasteiger partial charge is 0.339 e. The van der Waals surface area contributed by atoms with Gasteiger partial charge in [0.2, 0.25) is 0 Å². The number of Topliss-reactive ketones (excluding diaryl/α,β-unsaturated/α-hetero) is 1. The lowest BCUT2D eigenvalue weighted by molar-refractivity contribution is 0.0962. The maximum atomic E-state index is 12.6. The highest BCUT2D eigenvalue weighted by atomic mass is 32.2. The van der Waals surface area contributed by atoms with Crippen molar-refractivity contribution >= 4 is 22.7 Å². The van der Waals surface area contributed by atoms with Crippen molar-refractivity contribution in [1.82, 2.24) is 4.90 Å². The molecule has 1 aliphatic rings. The molecule has 1 aliphatic heterocycles. The molecule has 0 saturated heterocycles. The van der Waals surface area contributed by atoms with Crippen LogP contribution in [-0.4, -0.2) is 34.7 Å². The van der Waals surface area contributed by atoms with E-state index in [-0.39, 0.29) is 5.78 Å². The summed E-state index contributed by atoms with van der Waals surface area (Å²) >= 11 is 1.75. The zero-order valence-electron chi connectivity index (χ0n) is 13.0. The molecule has 0 atom stereocenters. The number of ketones is 1. The Morgan fingerprint density at radius 2 is 1.74 bits per heavy atom. The van der Waals surface area contributed by atoms with Crippen LogP contribution < -0.4 is 0 Å². The molecule has 0 radical (unpaired) electrons. The molecule has 0 aromatic heterocycles. The normalized spacial score (nSPS) is 14.2. The van der Waals surface area contributed by atoms with Crippen LogP contribution in [0.2, 0.25) is 0 Å². The molecule has 2 aromatic carbocycles. The van der Waals surface area contributed by atoms with Crippen LogP contribution in [0.4, 0.5) is 0 Å². The van der Waals surface area contributed by atoms with Crippen molar-refractivity contribution < 1.29 is 4.79 Å². The van der Waals surface area contributed by atoms with Gasteiger partial charge in [0.1, 0.15) is 0 Å². The van der Waals surface area contributed by atoms with Gasteiger partial charge in [-0.2, -0.15) is 0 Å². The number of rotatable bonds is 5. The Labute approximate surface area is 141 Å². The maximum absolute atomic E-state index is 12.6. The summed E-state index contributed by atoms with van der Waals surface area (Å²) in [4.78, 5) is 19.3. The Morgan fingerprint density at radius 1 is 1.04 bits per heavy atom. The van der Waals surface area contributed by atoms with Crippen LogP contribution in [0.1, 0.15) is 22.3 Å². The van der Waals surface area contributed by atoms with Crippen LogP contribution in [0.5, 0.6) is 0 Å². The molecule has 2 aromatic rings. The van der Waals surface area contributed by atoms with Gasteiger partial charge in [-0.1, -0.05) is 72.4 Å². The van der Waals surface area contributed by atoms with Gasteiger partial charge in [0.05, 0.1) is 6.54 Å². The molecule has 0 fully saturated rings. The molecule has 23 heavy (non-hydrogen) atoms. The van der Waals surface area contributed by atoms with Gasteiger partial charge >= 0.3 is 0 Å². The number of aliphatic imine (C=N–C) groups is 1. The van der Waals surface area contributed by atoms with E-state index < -0.39 is 0 Å². The molecule has 1 heterocycles. The first kappa shape index (κ1) is 15.8. The highest BCUT2D eigenvalue weighted by molar-refractivity contribution is 8.13. The van der Waals surface area contributed by atoms with Gasteiger partial charge in [0.25, 0.3) is 0 Å². The average Bonchev–Trinajstić information content (AvgIpc) is 2.63. The number of carbonyl (C=O) groups is 1. The van der Waals surface area contributed by atoms with E-state index in [2.05, 4.69) is 22.0 Å². The van der Waals surface area contributed by atoms with Crippen LogP contribution in [0.15, 0.2) is 65.7 Å². The molecule has 0 unspecified atom stereocenters. The quantitative estimate of drug-likeness (QED) is 0.783. The average molecular weight is 324 g/mol.